The lowest BCUT2D eigenvalue weighted by Gasteiger charge is -2.34. The van der Waals surface area contributed by atoms with Crippen molar-refractivity contribution in [1.29, 1.82) is 0 Å². The van der Waals surface area contributed by atoms with Gasteiger partial charge in [0, 0.05) is 37.5 Å². The molecule has 1 aromatic heterocycles. The minimum atomic E-state index is -0.471. The maximum atomic E-state index is 9.34. The summed E-state index contributed by atoms with van der Waals surface area (Å²) in [6.45, 7) is 4.02. The van der Waals surface area contributed by atoms with Crippen molar-refractivity contribution in [1.82, 2.24) is 4.98 Å². The molecule has 0 aliphatic carbocycles. The molecule has 116 valence electrons. The Bertz CT molecular complexity index is 515. The zero-order chi connectivity index (χ0) is 14.9. The first-order valence-corrected chi connectivity index (χ1v) is 7.71. The van der Waals surface area contributed by atoms with Gasteiger partial charge < -0.3 is 19.3 Å². The van der Waals surface area contributed by atoms with Gasteiger partial charge in [0.25, 0.3) is 0 Å². The number of hydrogen-bond acceptors (Lipinski definition) is 5. The third-order valence-corrected chi connectivity index (χ3v) is 4.19. The fraction of sp³-hybridized carbons (Fsp3) is 0.667. The maximum Gasteiger partial charge on any atom is 0.136 e. The van der Waals surface area contributed by atoms with Crippen molar-refractivity contribution in [2.24, 2.45) is 0 Å². The number of rotatable bonds is 4. The lowest BCUT2D eigenvalue weighted by atomic mass is 9.90. The van der Waals surface area contributed by atoms with Crippen LogP contribution in [0.2, 0.25) is 5.15 Å². The van der Waals surface area contributed by atoms with Crippen LogP contribution in [0.1, 0.15) is 31.0 Å². The molecule has 1 aromatic rings. The fourth-order valence-corrected chi connectivity index (χ4v) is 3.05. The Kier molecular flexibility index (Phi) is 4.36. The summed E-state index contributed by atoms with van der Waals surface area (Å²) in [5, 5.41) is 9.74. The first-order valence-electron chi connectivity index (χ1n) is 7.33. The summed E-state index contributed by atoms with van der Waals surface area (Å²) in [5.41, 5.74) is 1.44. The highest BCUT2D eigenvalue weighted by Gasteiger charge is 2.44. The van der Waals surface area contributed by atoms with Gasteiger partial charge in [0.2, 0.25) is 0 Å². The standard InChI is InChI=1S/C15H20ClNO4/c1-10(18)2-5-20-12-8-13(16)17-14-11(12)3-6-21-15(14)4-7-19-9-15/h8,10,18H,2-7,9H2,1H3/t10-,15?/m0/s1. The van der Waals surface area contributed by atoms with Crippen molar-refractivity contribution in [3.63, 3.8) is 0 Å². The molecule has 0 amide bonds. The second-order valence-electron chi connectivity index (χ2n) is 5.65. The molecule has 2 aliphatic heterocycles. The molecule has 0 radical (unpaired) electrons. The number of nitrogens with zero attached hydrogens (tertiary/aromatic N) is 1. The number of pyridine rings is 1. The van der Waals surface area contributed by atoms with Crippen molar-refractivity contribution < 1.29 is 19.3 Å². The third-order valence-electron chi connectivity index (χ3n) is 3.99. The molecule has 2 atom stereocenters. The van der Waals surface area contributed by atoms with E-state index in [0.717, 1.165) is 29.8 Å². The second kappa shape index (κ2) is 6.08. The Morgan fingerprint density at radius 2 is 2.38 bits per heavy atom. The van der Waals surface area contributed by atoms with Gasteiger partial charge in [-0.05, 0) is 6.92 Å². The van der Waals surface area contributed by atoms with Crippen LogP contribution in [-0.2, 0) is 21.5 Å². The van der Waals surface area contributed by atoms with Crippen LogP contribution in [0.25, 0.3) is 0 Å². The van der Waals surface area contributed by atoms with Crippen LogP contribution in [0.15, 0.2) is 6.07 Å². The average Bonchev–Trinajstić information content (AvgIpc) is 2.89. The average molecular weight is 314 g/mol. The fourth-order valence-electron chi connectivity index (χ4n) is 2.87. The molecule has 0 saturated carbocycles. The van der Waals surface area contributed by atoms with E-state index >= 15 is 0 Å². The van der Waals surface area contributed by atoms with Gasteiger partial charge in [0.15, 0.2) is 0 Å². The van der Waals surface area contributed by atoms with Crippen LogP contribution < -0.4 is 4.74 Å². The molecule has 5 nitrogen and oxygen atoms in total. The van der Waals surface area contributed by atoms with Crippen LogP contribution in [0.3, 0.4) is 0 Å². The SMILES string of the molecule is C[C@H](O)CCOc1cc(Cl)nc2c1CCOC21CCOC1. The molecule has 1 saturated heterocycles. The lowest BCUT2D eigenvalue weighted by molar-refractivity contribution is -0.0670. The number of aliphatic hydroxyl groups excluding tert-OH is 1. The highest BCUT2D eigenvalue weighted by atomic mass is 35.5. The van der Waals surface area contributed by atoms with E-state index in [2.05, 4.69) is 4.98 Å². The van der Waals surface area contributed by atoms with Crippen molar-refractivity contribution in [3.05, 3.63) is 22.5 Å². The molecule has 2 aliphatic rings. The molecular formula is C15H20ClNO4. The third kappa shape index (κ3) is 3.01. The number of fused-ring (bicyclic) bond motifs is 2. The molecular weight excluding hydrogens is 294 g/mol. The number of aliphatic hydroxyl groups is 1. The summed E-state index contributed by atoms with van der Waals surface area (Å²) in [6, 6.07) is 1.75. The molecule has 1 fully saturated rings. The first kappa shape index (κ1) is 15.0. The van der Waals surface area contributed by atoms with Crippen molar-refractivity contribution in [2.45, 2.75) is 37.9 Å². The summed E-state index contributed by atoms with van der Waals surface area (Å²) < 4.78 is 17.3. The Hall–Kier alpha value is -0.880. The van der Waals surface area contributed by atoms with E-state index in [1.54, 1.807) is 13.0 Å². The topological polar surface area (TPSA) is 60.8 Å². The highest BCUT2D eigenvalue weighted by Crippen LogP contribution is 2.42. The van der Waals surface area contributed by atoms with E-state index in [-0.39, 0.29) is 6.10 Å². The number of halogens is 1. The molecule has 0 bridgehead atoms. The van der Waals surface area contributed by atoms with Crippen LogP contribution in [-0.4, -0.2) is 42.6 Å². The van der Waals surface area contributed by atoms with E-state index in [1.165, 1.54) is 0 Å². The smallest absolute Gasteiger partial charge is 0.136 e. The Morgan fingerprint density at radius 3 is 3.10 bits per heavy atom. The summed E-state index contributed by atoms with van der Waals surface area (Å²) in [5.74, 6) is 0.750. The molecule has 3 rings (SSSR count). The Labute approximate surface area is 129 Å². The van der Waals surface area contributed by atoms with E-state index in [0.29, 0.717) is 38.0 Å². The molecule has 3 heterocycles. The highest BCUT2D eigenvalue weighted by molar-refractivity contribution is 6.29. The van der Waals surface area contributed by atoms with Crippen molar-refractivity contribution in [2.75, 3.05) is 26.4 Å². The first-order chi connectivity index (χ1) is 10.1. The zero-order valence-electron chi connectivity index (χ0n) is 12.1. The monoisotopic (exact) mass is 313 g/mol. The Morgan fingerprint density at radius 1 is 1.52 bits per heavy atom. The van der Waals surface area contributed by atoms with E-state index in [4.69, 9.17) is 25.8 Å². The quantitative estimate of drug-likeness (QED) is 0.862. The number of aromatic nitrogens is 1. The van der Waals surface area contributed by atoms with Gasteiger partial charge in [0.1, 0.15) is 16.5 Å². The van der Waals surface area contributed by atoms with Crippen molar-refractivity contribution in [3.8, 4) is 5.75 Å². The minimum Gasteiger partial charge on any atom is -0.493 e. The van der Waals surface area contributed by atoms with E-state index < -0.39 is 5.60 Å². The van der Waals surface area contributed by atoms with Crippen LogP contribution in [0, 0.1) is 0 Å². The van der Waals surface area contributed by atoms with Crippen molar-refractivity contribution >= 4 is 11.6 Å². The van der Waals surface area contributed by atoms with Gasteiger partial charge in [-0.2, -0.15) is 0 Å². The van der Waals surface area contributed by atoms with Crippen LogP contribution >= 0.6 is 11.6 Å². The van der Waals surface area contributed by atoms with Gasteiger partial charge >= 0.3 is 0 Å². The van der Waals surface area contributed by atoms with Crippen LogP contribution in [0.5, 0.6) is 5.75 Å². The second-order valence-corrected chi connectivity index (χ2v) is 6.04. The molecule has 0 aromatic carbocycles. The van der Waals surface area contributed by atoms with Gasteiger partial charge in [-0.25, -0.2) is 4.98 Å². The number of ether oxygens (including phenoxy) is 3. The van der Waals surface area contributed by atoms with Gasteiger partial charge in [0.05, 0.1) is 31.6 Å². The van der Waals surface area contributed by atoms with Gasteiger partial charge in [-0.1, -0.05) is 11.6 Å². The zero-order valence-corrected chi connectivity index (χ0v) is 12.9. The maximum absolute atomic E-state index is 9.34. The minimum absolute atomic E-state index is 0.379. The molecule has 6 heteroatoms. The molecule has 1 spiro atoms. The molecule has 1 unspecified atom stereocenters. The predicted molar refractivity (Wildman–Crippen MR) is 77.8 cm³/mol. The van der Waals surface area contributed by atoms with Crippen LogP contribution in [0.4, 0.5) is 0 Å². The Balaban J connectivity index is 1.90. The largest absolute Gasteiger partial charge is 0.493 e. The molecule has 21 heavy (non-hydrogen) atoms. The lowest BCUT2D eigenvalue weighted by Crippen LogP contribution is -2.37. The van der Waals surface area contributed by atoms with Gasteiger partial charge in [-0.3, -0.25) is 0 Å². The van der Waals surface area contributed by atoms with E-state index in [9.17, 15) is 5.11 Å². The molecule has 1 N–H and O–H groups in total. The summed E-state index contributed by atoms with van der Waals surface area (Å²) in [7, 11) is 0. The van der Waals surface area contributed by atoms with Gasteiger partial charge in [-0.15, -0.1) is 0 Å². The summed E-state index contributed by atoms with van der Waals surface area (Å²) in [4.78, 5) is 4.48. The predicted octanol–water partition coefficient (Wildman–Crippen LogP) is 2.07. The normalized spacial score (nSPS) is 25.9. The van der Waals surface area contributed by atoms with E-state index in [1.807, 2.05) is 0 Å². The number of hydrogen-bond donors (Lipinski definition) is 1. The summed E-state index contributed by atoms with van der Waals surface area (Å²) in [6.07, 6.45) is 1.75. The summed E-state index contributed by atoms with van der Waals surface area (Å²) >= 11 is 6.15.